The van der Waals surface area contributed by atoms with Crippen LogP contribution in [0.2, 0.25) is 0 Å². The molecule has 1 N–H and O–H groups in total. The number of hydrogen-bond donors (Lipinski definition) is 1. The highest BCUT2D eigenvalue weighted by atomic mass is 16.2. The fourth-order valence-electron chi connectivity index (χ4n) is 2.08. The Morgan fingerprint density at radius 3 is 2.94 bits per heavy atom. The summed E-state index contributed by atoms with van der Waals surface area (Å²) in [6, 6.07) is 0. The zero-order valence-electron chi connectivity index (χ0n) is 10.6. The number of carbonyl (C=O) groups is 1. The number of amides is 1. The van der Waals surface area contributed by atoms with Crippen molar-refractivity contribution in [2.24, 2.45) is 5.41 Å². The van der Waals surface area contributed by atoms with Gasteiger partial charge in [-0.3, -0.25) is 4.79 Å². The number of aromatic nitrogens is 4. The molecule has 0 radical (unpaired) electrons. The fraction of sp³-hybridized carbons (Fsp3) is 0.818. The lowest BCUT2D eigenvalue weighted by Crippen LogP contribution is -2.39. The number of tetrazole rings is 1. The third kappa shape index (κ3) is 2.30. The molecule has 6 nitrogen and oxygen atoms in total. The van der Waals surface area contributed by atoms with Crippen LogP contribution in [0.15, 0.2) is 0 Å². The normalized spacial score (nSPS) is 20.9. The second-order valence-corrected chi connectivity index (χ2v) is 5.24. The highest BCUT2D eigenvalue weighted by molar-refractivity contribution is 5.82. The summed E-state index contributed by atoms with van der Waals surface area (Å²) >= 11 is 0. The van der Waals surface area contributed by atoms with Crippen LogP contribution in [0.4, 0.5) is 0 Å². The molecule has 1 aliphatic rings. The van der Waals surface area contributed by atoms with Gasteiger partial charge in [0, 0.05) is 24.4 Å². The summed E-state index contributed by atoms with van der Waals surface area (Å²) in [5, 5.41) is 14.0. The summed E-state index contributed by atoms with van der Waals surface area (Å²) in [6.45, 7) is 7.54. The third-order valence-electron chi connectivity index (χ3n) is 3.67. The van der Waals surface area contributed by atoms with Crippen LogP contribution in [0.1, 0.15) is 45.4 Å². The van der Waals surface area contributed by atoms with Gasteiger partial charge in [0.25, 0.3) is 0 Å². The fourth-order valence-corrected chi connectivity index (χ4v) is 2.08. The van der Waals surface area contributed by atoms with Gasteiger partial charge >= 0.3 is 0 Å². The lowest BCUT2D eigenvalue weighted by atomic mass is 9.88. The molecule has 1 atom stereocenters. The van der Waals surface area contributed by atoms with Crippen molar-refractivity contribution in [2.45, 2.75) is 39.5 Å². The molecule has 0 saturated carbocycles. The van der Waals surface area contributed by atoms with E-state index in [2.05, 4.69) is 20.6 Å². The average molecular weight is 237 g/mol. The summed E-state index contributed by atoms with van der Waals surface area (Å²) < 4.78 is 0. The number of nitrogens with one attached hydrogen (secondary N) is 1. The monoisotopic (exact) mass is 237 g/mol. The Balaban J connectivity index is 2.01. The van der Waals surface area contributed by atoms with Crippen LogP contribution in [0.3, 0.4) is 0 Å². The first kappa shape index (κ1) is 12.0. The number of H-pyrrole nitrogens is 1. The van der Waals surface area contributed by atoms with Gasteiger partial charge in [0.05, 0.1) is 0 Å². The Hall–Kier alpha value is -1.46. The van der Waals surface area contributed by atoms with Crippen LogP contribution in [0.5, 0.6) is 0 Å². The lowest BCUT2D eigenvalue weighted by molar-refractivity contribution is -0.139. The van der Waals surface area contributed by atoms with Crippen molar-refractivity contribution in [2.75, 3.05) is 13.1 Å². The van der Waals surface area contributed by atoms with E-state index in [9.17, 15) is 4.79 Å². The van der Waals surface area contributed by atoms with Crippen molar-refractivity contribution in [3.05, 3.63) is 5.82 Å². The minimum absolute atomic E-state index is 0.227. The SMILES string of the molecule is CCC(C)(C)C(=O)N1CCC(c2nn[nH]n2)C1. The van der Waals surface area contributed by atoms with Gasteiger partial charge in [-0.1, -0.05) is 26.0 Å². The predicted molar refractivity (Wildman–Crippen MR) is 62.2 cm³/mol. The van der Waals surface area contributed by atoms with E-state index < -0.39 is 0 Å². The third-order valence-corrected chi connectivity index (χ3v) is 3.67. The number of hydrogen-bond acceptors (Lipinski definition) is 4. The minimum atomic E-state index is -0.272. The van der Waals surface area contributed by atoms with E-state index in [1.54, 1.807) is 0 Å². The Kier molecular flexibility index (Phi) is 3.13. The van der Waals surface area contributed by atoms with E-state index in [1.807, 2.05) is 25.7 Å². The first-order valence-corrected chi connectivity index (χ1v) is 6.07. The van der Waals surface area contributed by atoms with E-state index in [0.717, 1.165) is 25.2 Å². The van der Waals surface area contributed by atoms with Gasteiger partial charge in [-0.15, -0.1) is 10.2 Å². The number of likely N-dealkylation sites (tertiary alicyclic amines) is 1. The molecular formula is C11H19N5O. The number of aromatic amines is 1. The standard InChI is InChI=1S/C11H19N5O/c1-4-11(2,3)10(17)16-6-5-8(7-16)9-12-14-15-13-9/h8H,4-7H2,1-3H3,(H,12,13,14,15). The molecular weight excluding hydrogens is 218 g/mol. The summed E-state index contributed by atoms with van der Waals surface area (Å²) in [5.74, 6) is 1.17. The van der Waals surface area contributed by atoms with Crippen molar-refractivity contribution >= 4 is 5.91 Å². The molecule has 2 rings (SSSR count). The van der Waals surface area contributed by atoms with E-state index in [4.69, 9.17) is 0 Å². The Labute approximate surface area is 101 Å². The molecule has 2 heterocycles. The van der Waals surface area contributed by atoms with Crippen LogP contribution in [0.25, 0.3) is 0 Å². The molecule has 1 aliphatic heterocycles. The lowest BCUT2D eigenvalue weighted by Gasteiger charge is -2.28. The largest absolute Gasteiger partial charge is 0.341 e. The highest BCUT2D eigenvalue weighted by Gasteiger charge is 2.36. The molecule has 0 aliphatic carbocycles. The van der Waals surface area contributed by atoms with Crippen molar-refractivity contribution in [1.82, 2.24) is 25.5 Å². The molecule has 0 bridgehead atoms. The Morgan fingerprint density at radius 2 is 2.35 bits per heavy atom. The molecule has 6 heteroatoms. The first-order valence-electron chi connectivity index (χ1n) is 6.07. The van der Waals surface area contributed by atoms with Gasteiger partial charge in [0.1, 0.15) is 0 Å². The van der Waals surface area contributed by atoms with E-state index in [1.165, 1.54) is 0 Å². The van der Waals surface area contributed by atoms with Gasteiger partial charge < -0.3 is 4.90 Å². The number of nitrogens with zero attached hydrogens (tertiary/aromatic N) is 4. The van der Waals surface area contributed by atoms with Crippen molar-refractivity contribution in [1.29, 1.82) is 0 Å². The molecule has 94 valence electrons. The van der Waals surface area contributed by atoms with Crippen molar-refractivity contribution in [3.63, 3.8) is 0 Å². The summed E-state index contributed by atoms with van der Waals surface area (Å²) in [6.07, 6.45) is 1.78. The molecule has 17 heavy (non-hydrogen) atoms. The summed E-state index contributed by atoms with van der Waals surface area (Å²) in [4.78, 5) is 14.2. The molecule has 1 fully saturated rings. The predicted octanol–water partition coefficient (Wildman–Crippen LogP) is 0.952. The van der Waals surface area contributed by atoms with Crippen LogP contribution >= 0.6 is 0 Å². The number of rotatable bonds is 3. The smallest absolute Gasteiger partial charge is 0.228 e. The van der Waals surface area contributed by atoms with Crippen LogP contribution in [-0.2, 0) is 4.79 Å². The second-order valence-electron chi connectivity index (χ2n) is 5.24. The van der Waals surface area contributed by atoms with Crippen LogP contribution < -0.4 is 0 Å². The van der Waals surface area contributed by atoms with Crippen molar-refractivity contribution < 1.29 is 4.79 Å². The minimum Gasteiger partial charge on any atom is -0.341 e. The van der Waals surface area contributed by atoms with Gasteiger partial charge in [-0.25, -0.2) is 0 Å². The van der Waals surface area contributed by atoms with E-state index in [0.29, 0.717) is 6.54 Å². The van der Waals surface area contributed by atoms with Gasteiger partial charge in [0.15, 0.2) is 5.82 Å². The van der Waals surface area contributed by atoms with Crippen molar-refractivity contribution in [3.8, 4) is 0 Å². The topological polar surface area (TPSA) is 74.8 Å². The Bertz CT molecular complexity index is 387. The zero-order chi connectivity index (χ0) is 12.5. The molecule has 1 unspecified atom stereocenters. The maximum atomic E-state index is 12.3. The zero-order valence-corrected chi connectivity index (χ0v) is 10.6. The van der Waals surface area contributed by atoms with E-state index in [-0.39, 0.29) is 17.2 Å². The second kappa shape index (κ2) is 4.43. The van der Waals surface area contributed by atoms with Crippen LogP contribution in [-0.4, -0.2) is 44.5 Å². The maximum Gasteiger partial charge on any atom is 0.228 e. The van der Waals surface area contributed by atoms with Gasteiger partial charge in [0.2, 0.25) is 5.91 Å². The molecule has 1 amide bonds. The summed E-state index contributed by atoms with van der Waals surface area (Å²) in [5.41, 5.74) is -0.272. The number of carbonyl (C=O) groups excluding carboxylic acids is 1. The molecule has 1 aromatic rings. The highest BCUT2D eigenvalue weighted by Crippen LogP contribution is 2.29. The molecule has 0 aromatic carbocycles. The maximum absolute atomic E-state index is 12.3. The average Bonchev–Trinajstić information content (AvgIpc) is 2.98. The Morgan fingerprint density at radius 1 is 1.59 bits per heavy atom. The summed E-state index contributed by atoms with van der Waals surface area (Å²) in [7, 11) is 0. The molecule has 1 aromatic heterocycles. The molecule has 0 spiro atoms. The van der Waals surface area contributed by atoms with Crippen LogP contribution in [0, 0.1) is 5.41 Å². The van der Waals surface area contributed by atoms with E-state index >= 15 is 0 Å². The quantitative estimate of drug-likeness (QED) is 0.849. The first-order chi connectivity index (χ1) is 8.04. The van der Waals surface area contributed by atoms with Gasteiger partial charge in [-0.2, -0.15) is 5.21 Å². The molecule has 1 saturated heterocycles. The van der Waals surface area contributed by atoms with Gasteiger partial charge in [-0.05, 0) is 12.8 Å².